The first-order chi connectivity index (χ1) is 12.3. The van der Waals surface area contributed by atoms with E-state index < -0.39 is 6.09 Å². The summed E-state index contributed by atoms with van der Waals surface area (Å²) in [5.41, 5.74) is 1.54. The molecule has 132 valence electrons. The summed E-state index contributed by atoms with van der Waals surface area (Å²) in [6.07, 6.45) is 0.309. The van der Waals surface area contributed by atoms with Gasteiger partial charge in [0.05, 0.1) is 13.2 Å². The molecule has 0 saturated carbocycles. The number of carbonyl (C=O) groups excluding carboxylic acids is 2. The molecule has 6 nitrogen and oxygen atoms in total. The molecular weight excluding hydrogens is 322 g/mol. The lowest BCUT2D eigenvalue weighted by Gasteiger charge is -2.09. The average molecular weight is 343 g/mol. The summed E-state index contributed by atoms with van der Waals surface area (Å²) in [6.45, 7) is 1.76. The molecule has 0 saturated heterocycles. The van der Waals surface area contributed by atoms with Gasteiger partial charge in [0.25, 0.3) is 0 Å². The smallest absolute Gasteiger partial charge is 0.407 e. The van der Waals surface area contributed by atoms with E-state index >= 15 is 0 Å². The van der Waals surface area contributed by atoms with E-state index in [9.17, 15) is 9.59 Å². The van der Waals surface area contributed by atoms with E-state index in [4.69, 9.17) is 14.2 Å². The summed E-state index contributed by atoms with van der Waals surface area (Å²) >= 11 is 0. The normalized spacial score (nSPS) is 10.1. The number of benzene rings is 2. The Hall–Kier alpha value is -2.86. The van der Waals surface area contributed by atoms with Crippen LogP contribution >= 0.6 is 0 Å². The molecule has 1 N–H and O–H groups in total. The average Bonchev–Trinajstić information content (AvgIpc) is 2.67. The van der Waals surface area contributed by atoms with Gasteiger partial charge in [-0.05, 0) is 29.8 Å². The van der Waals surface area contributed by atoms with Crippen molar-refractivity contribution in [2.75, 3.05) is 26.4 Å². The first kappa shape index (κ1) is 18.5. The second-order valence-corrected chi connectivity index (χ2v) is 5.14. The number of hydrogen-bond acceptors (Lipinski definition) is 5. The molecule has 0 atom stereocenters. The van der Waals surface area contributed by atoms with Gasteiger partial charge >= 0.3 is 6.09 Å². The first-order valence-electron chi connectivity index (χ1n) is 7.98. The minimum atomic E-state index is -0.473. The Morgan fingerprint density at radius 3 is 2.44 bits per heavy atom. The minimum Gasteiger partial charge on any atom is -0.491 e. The van der Waals surface area contributed by atoms with Gasteiger partial charge in [-0.2, -0.15) is 0 Å². The van der Waals surface area contributed by atoms with Crippen LogP contribution in [-0.4, -0.2) is 38.7 Å². The molecule has 0 radical (unpaired) electrons. The molecule has 0 aromatic heterocycles. The standard InChI is InChI=1S/C19H21NO5/c21-14-16-6-8-18(9-7-16)24-13-12-23-11-10-20-19(22)25-15-17-4-2-1-3-5-17/h1-9,14H,10-13,15H2,(H,20,22). The maximum Gasteiger partial charge on any atom is 0.407 e. The van der Waals surface area contributed by atoms with Gasteiger partial charge in [0, 0.05) is 12.1 Å². The lowest BCUT2D eigenvalue weighted by atomic mass is 10.2. The third-order valence-electron chi connectivity index (χ3n) is 3.24. The fourth-order valence-corrected chi connectivity index (χ4v) is 1.96. The SMILES string of the molecule is O=Cc1ccc(OCCOCCNC(=O)OCc2ccccc2)cc1. The van der Waals surface area contributed by atoms with Crippen LogP contribution in [0.25, 0.3) is 0 Å². The number of aldehydes is 1. The lowest BCUT2D eigenvalue weighted by Crippen LogP contribution is -2.28. The second kappa shape index (κ2) is 10.8. The number of amides is 1. The highest BCUT2D eigenvalue weighted by molar-refractivity contribution is 5.74. The molecule has 1 amide bonds. The highest BCUT2D eigenvalue weighted by Gasteiger charge is 2.01. The molecule has 2 aromatic rings. The van der Waals surface area contributed by atoms with Crippen molar-refractivity contribution in [3.05, 3.63) is 65.7 Å². The lowest BCUT2D eigenvalue weighted by molar-refractivity contribution is 0.0966. The third-order valence-corrected chi connectivity index (χ3v) is 3.24. The molecule has 0 heterocycles. The van der Waals surface area contributed by atoms with Crippen molar-refractivity contribution in [3.63, 3.8) is 0 Å². The van der Waals surface area contributed by atoms with Crippen molar-refractivity contribution < 1.29 is 23.8 Å². The van der Waals surface area contributed by atoms with Crippen LogP contribution in [0.1, 0.15) is 15.9 Å². The molecule has 6 heteroatoms. The molecule has 0 aliphatic carbocycles. The highest BCUT2D eigenvalue weighted by Crippen LogP contribution is 2.10. The number of rotatable bonds is 10. The summed E-state index contributed by atoms with van der Waals surface area (Å²) in [7, 11) is 0. The summed E-state index contributed by atoms with van der Waals surface area (Å²) in [5, 5.41) is 2.61. The Balaban J connectivity index is 1.47. The quantitative estimate of drug-likeness (QED) is 0.530. The maximum absolute atomic E-state index is 11.5. The molecule has 2 aromatic carbocycles. The summed E-state index contributed by atoms with van der Waals surface area (Å²) in [6, 6.07) is 16.3. The van der Waals surface area contributed by atoms with Gasteiger partial charge in [0.2, 0.25) is 0 Å². The molecule has 0 fully saturated rings. The van der Waals surface area contributed by atoms with Gasteiger partial charge in [-0.25, -0.2) is 4.79 Å². The number of nitrogens with one attached hydrogen (secondary N) is 1. The second-order valence-electron chi connectivity index (χ2n) is 5.14. The van der Waals surface area contributed by atoms with Crippen LogP contribution in [0.5, 0.6) is 5.75 Å². The van der Waals surface area contributed by atoms with Gasteiger partial charge in [-0.15, -0.1) is 0 Å². The molecule has 25 heavy (non-hydrogen) atoms. The molecular formula is C19H21NO5. The number of carbonyl (C=O) groups is 2. The van der Waals surface area contributed by atoms with Crippen LogP contribution in [0.15, 0.2) is 54.6 Å². The predicted octanol–water partition coefficient (Wildman–Crippen LogP) is 2.82. The Morgan fingerprint density at radius 1 is 0.960 bits per heavy atom. The maximum atomic E-state index is 11.5. The fourth-order valence-electron chi connectivity index (χ4n) is 1.96. The van der Waals surface area contributed by atoms with Crippen LogP contribution in [0.2, 0.25) is 0 Å². The van der Waals surface area contributed by atoms with Crippen LogP contribution < -0.4 is 10.1 Å². The monoisotopic (exact) mass is 343 g/mol. The zero-order chi connectivity index (χ0) is 17.7. The summed E-state index contributed by atoms with van der Waals surface area (Å²) in [5.74, 6) is 0.678. The van der Waals surface area contributed by atoms with Gasteiger partial charge in [-0.1, -0.05) is 30.3 Å². The van der Waals surface area contributed by atoms with Crippen LogP contribution in [0, 0.1) is 0 Å². The van der Waals surface area contributed by atoms with E-state index in [1.807, 2.05) is 30.3 Å². The van der Waals surface area contributed by atoms with Crippen molar-refractivity contribution in [2.45, 2.75) is 6.61 Å². The van der Waals surface area contributed by atoms with Gasteiger partial charge in [-0.3, -0.25) is 4.79 Å². The molecule has 0 spiro atoms. The Kier molecular flexibility index (Phi) is 8.00. The highest BCUT2D eigenvalue weighted by atomic mass is 16.5. The fraction of sp³-hybridized carbons (Fsp3) is 0.263. The molecule has 0 aliphatic rings. The Labute approximate surface area is 146 Å². The summed E-state index contributed by atoms with van der Waals surface area (Å²) < 4.78 is 15.9. The van der Waals surface area contributed by atoms with Gasteiger partial charge in [0.1, 0.15) is 25.2 Å². The van der Waals surface area contributed by atoms with Crippen molar-refractivity contribution in [1.29, 1.82) is 0 Å². The number of ether oxygens (including phenoxy) is 3. The molecule has 0 aliphatic heterocycles. The van der Waals surface area contributed by atoms with Crippen molar-refractivity contribution in [2.24, 2.45) is 0 Å². The van der Waals surface area contributed by atoms with Crippen molar-refractivity contribution in [3.8, 4) is 5.75 Å². The third kappa shape index (κ3) is 7.50. The van der Waals surface area contributed by atoms with Gasteiger partial charge < -0.3 is 19.5 Å². The summed E-state index contributed by atoms with van der Waals surface area (Å²) in [4.78, 5) is 22.0. The Bertz CT molecular complexity index is 643. The van der Waals surface area contributed by atoms with E-state index in [0.717, 1.165) is 11.8 Å². The van der Waals surface area contributed by atoms with Crippen LogP contribution in [0.3, 0.4) is 0 Å². The van der Waals surface area contributed by atoms with Gasteiger partial charge in [0.15, 0.2) is 0 Å². The van der Waals surface area contributed by atoms with E-state index in [-0.39, 0.29) is 6.61 Å². The predicted molar refractivity (Wildman–Crippen MR) is 92.8 cm³/mol. The van der Waals surface area contributed by atoms with E-state index in [0.29, 0.717) is 37.7 Å². The number of alkyl carbamates (subject to hydrolysis) is 1. The van der Waals surface area contributed by atoms with Crippen LogP contribution in [0.4, 0.5) is 4.79 Å². The van der Waals surface area contributed by atoms with Crippen molar-refractivity contribution >= 4 is 12.4 Å². The zero-order valence-corrected chi connectivity index (χ0v) is 13.9. The van der Waals surface area contributed by atoms with Crippen molar-refractivity contribution in [1.82, 2.24) is 5.32 Å². The van der Waals surface area contributed by atoms with E-state index in [2.05, 4.69) is 5.32 Å². The minimum absolute atomic E-state index is 0.240. The Morgan fingerprint density at radius 2 is 1.72 bits per heavy atom. The number of hydrogen-bond donors (Lipinski definition) is 1. The van der Waals surface area contributed by atoms with E-state index in [1.54, 1.807) is 24.3 Å². The molecule has 2 rings (SSSR count). The zero-order valence-electron chi connectivity index (χ0n) is 13.9. The topological polar surface area (TPSA) is 73.9 Å². The largest absolute Gasteiger partial charge is 0.491 e. The van der Waals surface area contributed by atoms with Crippen LogP contribution in [-0.2, 0) is 16.1 Å². The molecule has 0 unspecified atom stereocenters. The first-order valence-corrected chi connectivity index (χ1v) is 7.98. The molecule has 0 bridgehead atoms. The van der Waals surface area contributed by atoms with E-state index in [1.165, 1.54) is 0 Å².